The molecule has 0 fully saturated rings. The second-order valence-corrected chi connectivity index (χ2v) is 12.1. The summed E-state index contributed by atoms with van der Waals surface area (Å²) < 4.78 is 29.0. The maximum atomic E-state index is 13.9. The summed E-state index contributed by atoms with van der Waals surface area (Å²) >= 11 is 2.25. The van der Waals surface area contributed by atoms with E-state index in [0.29, 0.717) is 12.1 Å². The van der Waals surface area contributed by atoms with Gasteiger partial charge in [0.2, 0.25) is 5.91 Å². The number of fused-ring (bicyclic) bond motifs is 1. The average molecular weight is 682 g/mol. The largest absolute Gasteiger partial charge is 0.390 e. The first-order valence-corrected chi connectivity index (χ1v) is 15.1. The number of carbonyl (C=O) groups excluding carboxylic acids is 1. The smallest absolute Gasteiger partial charge is 0.227 e. The minimum absolute atomic E-state index is 0.0771. The number of aliphatic hydroxyl groups excluding tert-OH is 1. The molecule has 4 aromatic rings. The molecular weight excluding hydrogens is 647 g/mol. The fourth-order valence-corrected chi connectivity index (χ4v) is 5.98. The number of benzene rings is 4. The molecule has 0 radical (unpaired) electrons. The van der Waals surface area contributed by atoms with Crippen molar-refractivity contribution >= 4 is 34.2 Å². The molecule has 4 aromatic carbocycles. The van der Waals surface area contributed by atoms with Crippen molar-refractivity contribution in [3.05, 3.63) is 134 Å². The number of rotatable bonds is 11. The predicted molar refractivity (Wildman–Crippen MR) is 170 cm³/mol. The van der Waals surface area contributed by atoms with Crippen molar-refractivity contribution in [2.75, 3.05) is 11.4 Å². The van der Waals surface area contributed by atoms with Crippen molar-refractivity contribution in [3.63, 3.8) is 0 Å². The van der Waals surface area contributed by atoms with E-state index >= 15 is 0 Å². The Labute approximate surface area is 259 Å². The van der Waals surface area contributed by atoms with Gasteiger partial charge < -0.3 is 20.6 Å². The maximum Gasteiger partial charge on any atom is 0.227 e. The van der Waals surface area contributed by atoms with Gasteiger partial charge in [0.25, 0.3) is 0 Å². The van der Waals surface area contributed by atoms with Gasteiger partial charge in [-0.05, 0) is 100 Å². The van der Waals surface area contributed by atoms with Gasteiger partial charge in [-0.15, -0.1) is 0 Å². The summed E-state index contributed by atoms with van der Waals surface area (Å²) in [6.07, 6.45) is -0.914. The molecule has 3 atom stereocenters. The molecule has 0 aliphatic carbocycles. The number of halogens is 3. The molecular formula is C34H34F2IN3O2. The lowest BCUT2D eigenvalue weighted by molar-refractivity contribution is -0.123. The van der Waals surface area contributed by atoms with Gasteiger partial charge in [-0.2, -0.15) is 0 Å². The third-order valence-electron chi connectivity index (χ3n) is 7.73. The Hall–Kier alpha value is -3.34. The molecule has 3 N–H and O–H groups in total. The predicted octanol–water partition coefficient (Wildman–Crippen LogP) is 6.07. The lowest BCUT2D eigenvalue weighted by Gasteiger charge is -2.27. The van der Waals surface area contributed by atoms with Crippen molar-refractivity contribution < 1.29 is 18.7 Å². The van der Waals surface area contributed by atoms with E-state index in [9.17, 15) is 18.7 Å². The van der Waals surface area contributed by atoms with Crippen LogP contribution >= 0.6 is 22.6 Å². The highest BCUT2D eigenvalue weighted by atomic mass is 127. The summed E-state index contributed by atoms with van der Waals surface area (Å²) in [5.74, 6) is -2.16. The molecule has 1 unspecified atom stereocenters. The Morgan fingerprint density at radius 3 is 2.21 bits per heavy atom. The van der Waals surface area contributed by atoms with Crippen LogP contribution in [0.4, 0.5) is 14.5 Å². The van der Waals surface area contributed by atoms with E-state index < -0.39 is 29.7 Å². The van der Waals surface area contributed by atoms with Crippen LogP contribution in [0.3, 0.4) is 0 Å². The third-order valence-corrected chi connectivity index (χ3v) is 8.41. The zero-order chi connectivity index (χ0) is 29.6. The summed E-state index contributed by atoms with van der Waals surface area (Å²) in [5, 5.41) is 17.3. The number of hydrogen-bond donors (Lipinski definition) is 3. The van der Waals surface area contributed by atoms with Gasteiger partial charge in [0, 0.05) is 41.5 Å². The van der Waals surface area contributed by atoms with E-state index in [0.717, 1.165) is 39.5 Å². The third kappa shape index (κ3) is 7.73. The molecule has 0 aromatic heterocycles. The molecule has 1 heterocycles. The zero-order valence-corrected chi connectivity index (χ0v) is 25.5. The molecule has 8 heteroatoms. The van der Waals surface area contributed by atoms with E-state index in [1.807, 2.05) is 55.5 Å². The minimum atomic E-state index is -0.991. The van der Waals surface area contributed by atoms with E-state index in [1.54, 1.807) is 0 Å². The summed E-state index contributed by atoms with van der Waals surface area (Å²) in [5.41, 5.74) is 6.00. The SMILES string of the molecule is CC(C(=O)N[C@@H](Cc1cc(F)cc(F)c1)[C@@H](O)CNCc1cccc(I)c1)c1ccc(N2Cc3ccccc3C2)cc1. The van der Waals surface area contributed by atoms with Crippen LogP contribution < -0.4 is 15.5 Å². The minimum Gasteiger partial charge on any atom is -0.390 e. The van der Waals surface area contributed by atoms with Crippen molar-refractivity contribution in [1.82, 2.24) is 10.6 Å². The molecule has 0 bridgehead atoms. The Morgan fingerprint density at radius 2 is 1.57 bits per heavy atom. The van der Waals surface area contributed by atoms with E-state index in [4.69, 9.17) is 0 Å². The van der Waals surface area contributed by atoms with E-state index in [-0.39, 0.29) is 18.9 Å². The summed E-state index contributed by atoms with van der Waals surface area (Å²) in [6.45, 7) is 4.24. The zero-order valence-electron chi connectivity index (χ0n) is 23.4. The molecule has 0 saturated carbocycles. The lowest BCUT2D eigenvalue weighted by Crippen LogP contribution is -2.49. The van der Waals surface area contributed by atoms with Crippen LogP contribution in [0, 0.1) is 15.2 Å². The Balaban J connectivity index is 1.24. The highest BCUT2D eigenvalue weighted by Gasteiger charge is 2.26. The summed E-state index contributed by atoms with van der Waals surface area (Å²) in [6, 6.07) is 26.9. The molecule has 42 heavy (non-hydrogen) atoms. The van der Waals surface area contributed by atoms with Crippen molar-refractivity contribution in [3.8, 4) is 0 Å². The molecule has 1 amide bonds. The van der Waals surface area contributed by atoms with Gasteiger partial charge in [0.05, 0.1) is 18.1 Å². The normalized spacial score (nSPS) is 14.7. The molecule has 1 aliphatic rings. The number of carbonyl (C=O) groups is 1. The second kappa shape index (κ2) is 13.8. The molecule has 1 aliphatic heterocycles. The maximum absolute atomic E-state index is 13.9. The molecule has 5 rings (SSSR count). The first kappa shape index (κ1) is 30.1. The quantitative estimate of drug-likeness (QED) is 0.168. The molecule has 218 valence electrons. The van der Waals surface area contributed by atoms with Crippen LogP contribution in [-0.2, 0) is 30.8 Å². The fourth-order valence-electron chi connectivity index (χ4n) is 5.37. The molecule has 0 saturated heterocycles. The first-order valence-electron chi connectivity index (χ1n) is 14.1. The van der Waals surface area contributed by atoms with Crippen LogP contribution in [0.1, 0.15) is 40.7 Å². The highest BCUT2D eigenvalue weighted by molar-refractivity contribution is 14.1. The van der Waals surface area contributed by atoms with E-state index in [2.05, 4.69) is 62.4 Å². The number of nitrogens with one attached hydrogen (secondary N) is 2. The number of anilines is 1. The summed E-state index contributed by atoms with van der Waals surface area (Å²) in [4.78, 5) is 15.7. The van der Waals surface area contributed by atoms with Crippen LogP contribution in [0.2, 0.25) is 0 Å². The standard InChI is InChI=1S/C34H34F2IN3O2/c1-22(25-9-11-31(12-10-25)40-20-26-6-2-3-7-27(26)21-40)34(42)39-32(16-24-13-28(35)17-29(36)14-24)33(41)19-38-18-23-5-4-8-30(37)15-23/h2-15,17,22,32-33,38,41H,16,18-21H2,1H3,(H,39,42)/t22?,32-,33-/m0/s1. The average Bonchev–Trinajstić information content (AvgIpc) is 3.40. The number of aliphatic hydroxyl groups is 1. The van der Waals surface area contributed by atoms with Crippen LogP contribution in [0.5, 0.6) is 0 Å². The van der Waals surface area contributed by atoms with Crippen molar-refractivity contribution in [2.45, 2.75) is 51.0 Å². The van der Waals surface area contributed by atoms with Gasteiger partial charge in [-0.1, -0.05) is 48.5 Å². The van der Waals surface area contributed by atoms with Gasteiger partial charge in [-0.25, -0.2) is 8.78 Å². The Bertz CT molecular complexity index is 1490. The Morgan fingerprint density at radius 1 is 0.905 bits per heavy atom. The topological polar surface area (TPSA) is 64.6 Å². The monoisotopic (exact) mass is 681 g/mol. The van der Waals surface area contributed by atoms with Gasteiger partial charge in [-0.3, -0.25) is 4.79 Å². The van der Waals surface area contributed by atoms with Gasteiger partial charge in [0.15, 0.2) is 0 Å². The van der Waals surface area contributed by atoms with Crippen molar-refractivity contribution in [2.24, 2.45) is 0 Å². The van der Waals surface area contributed by atoms with Crippen LogP contribution in [0.25, 0.3) is 0 Å². The van der Waals surface area contributed by atoms with E-state index in [1.165, 1.54) is 23.3 Å². The summed E-state index contributed by atoms with van der Waals surface area (Å²) in [7, 11) is 0. The molecule has 0 spiro atoms. The molecule has 5 nitrogen and oxygen atoms in total. The van der Waals surface area contributed by atoms with Gasteiger partial charge in [0.1, 0.15) is 11.6 Å². The fraction of sp³-hybridized carbons (Fsp3) is 0.265. The number of nitrogens with zero attached hydrogens (tertiary/aromatic N) is 1. The van der Waals surface area contributed by atoms with Crippen LogP contribution in [-0.4, -0.2) is 29.7 Å². The second-order valence-electron chi connectivity index (χ2n) is 10.9. The lowest BCUT2D eigenvalue weighted by atomic mass is 9.96. The van der Waals surface area contributed by atoms with Crippen molar-refractivity contribution in [1.29, 1.82) is 0 Å². The first-order chi connectivity index (χ1) is 20.2. The Kier molecular flexibility index (Phi) is 9.87. The van der Waals surface area contributed by atoms with Crippen LogP contribution in [0.15, 0.2) is 91.0 Å². The number of amides is 1. The number of hydrogen-bond acceptors (Lipinski definition) is 4. The van der Waals surface area contributed by atoms with Gasteiger partial charge >= 0.3 is 0 Å². The highest BCUT2D eigenvalue weighted by Crippen LogP contribution is 2.29.